The number of hydrogen-bond donors (Lipinski definition) is 1. The lowest BCUT2D eigenvalue weighted by atomic mass is 10.0. The second-order valence-corrected chi connectivity index (χ2v) is 5.60. The van der Waals surface area contributed by atoms with Gasteiger partial charge in [-0.25, -0.2) is 0 Å². The Bertz CT molecular complexity index is 560. The smallest absolute Gasteiger partial charge is 0.0704 e. The number of pyridine rings is 1. The van der Waals surface area contributed by atoms with Crippen LogP contribution in [-0.2, 0) is 0 Å². The summed E-state index contributed by atoms with van der Waals surface area (Å²) in [5.74, 6) is 1.21. The monoisotopic (exact) mass is 226 g/mol. The summed E-state index contributed by atoms with van der Waals surface area (Å²) >= 11 is 0. The van der Waals surface area contributed by atoms with Crippen LogP contribution in [0, 0.1) is 11.3 Å². The van der Waals surface area contributed by atoms with Crippen LogP contribution in [0.3, 0.4) is 0 Å². The number of benzene rings is 1. The van der Waals surface area contributed by atoms with E-state index in [4.69, 9.17) is 5.73 Å². The molecule has 0 radical (unpaired) electrons. The fraction of sp³-hybridized carbons (Fsp3) is 0.400. The minimum absolute atomic E-state index is 0.344. The summed E-state index contributed by atoms with van der Waals surface area (Å²) in [6.07, 6.45) is 1.85. The molecule has 0 amide bonds. The van der Waals surface area contributed by atoms with Gasteiger partial charge in [-0.05, 0) is 41.5 Å². The quantitative estimate of drug-likeness (QED) is 0.855. The summed E-state index contributed by atoms with van der Waals surface area (Å²) in [4.78, 5) is 4.42. The van der Waals surface area contributed by atoms with Gasteiger partial charge in [0.25, 0.3) is 0 Å². The van der Waals surface area contributed by atoms with E-state index in [-0.39, 0.29) is 0 Å². The maximum Gasteiger partial charge on any atom is 0.0704 e. The lowest BCUT2D eigenvalue weighted by Crippen LogP contribution is -2.05. The van der Waals surface area contributed by atoms with Crippen molar-refractivity contribution in [2.75, 3.05) is 6.54 Å². The first-order chi connectivity index (χ1) is 8.14. The normalized spacial score (nSPS) is 26.1. The summed E-state index contributed by atoms with van der Waals surface area (Å²) in [5, 5.41) is 1.21. The molecule has 0 bridgehead atoms. The third-order valence-corrected chi connectivity index (χ3v) is 4.29. The highest BCUT2D eigenvalue weighted by Crippen LogP contribution is 2.63. The Kier molecular flexibility index (Phi) is 2.23. The van der Waals surface area contributed by atoms with Gasteiger partial charge in [0.2, 0.25) is 0 Å². The largest absolute Gasteiger partial charge is 0.330 e. The highest BCUT2D eigenvalue weighted by atomic mass is 14.7. The van der Waals surface area contributed by atoms with Gasteiger partial charge in [-0.15, -0.1) is 0 Å². The third-order valence-electron chi connectivity index (χ3n) is 4.29. The minimum Gasteiger partial charge on any atom is -0.330 e. The molecule has 1 aromatic carbocycles. The fourth-order valence-electron chi connectivity index (χ4n) is 3.12. The van der Waals surface area contributed by atoms with E-state index < -0.39 is 0 Å². The summed E-state index contributed by atoms with van der Waals surface area (Å²) < 4.78 is 0. The molecule has 3 rings (SSSR count). The van der Waals surface area contributed by atoms with Gasteiger partial charge in [-0.2, -0.15) is 0 Å². The first kappa shape index (κ1) is 10.7. The van der Waals surface area contributed by atoms with Crippen molar-refractivity contribution in [3.05, 3.63) is 42.1 Å². The molecule has 0 spiro atoms. The number of hydrogen-bond acceptors (Lipinski definition) is 2. The maximum atomic E-state index is 5.83. The first-order valence-electron chi connectivity index (χ1n) is 6.19. The van der Waals surface area contributed by atoms with Crippen molar-refractivity contribution in [1.82, 2.24) is 4.98 Å². The molecule has 2 N–H and O–H groups in total. The van der Waals surface area contributed by atoms with Crippen molar-refractivity contribution >= 4 is 10.9 Å². The van der Waals surface area contributed by atoms with Crippen LogP contribution in [0.1, 0.15) is 25.3 Å². The van der Waals surface area contributed by atoms with Crippen molar-refractivity contribution in [2.24, 2.45) is 17.1 Å². The zero-order chi connectivity index (χ0) is 12.0. The highest BCUT2D eigenvalue weighted by molar-refractivity contribution is 5.79. The molecule has 1 aliphatic rings. The van der Waals surface area contributed by atoms with Crippen molar-refractivity contribution < 1.29 is 0 Å². The Morgan fingerprint density at radius 3 is 2.82 bits per heavy atom. The third kappa shape index (κ3) is 1.55. The molecule has 0 saturated heterocycles. The molecule has 1 saturated carbocycles. The second kappa shape index (κ2) is 3.54. The molecule has 2 heteroatoms. The standard InChI is InChI=1S/C15H18N2/c1-15(2)12(9-16)14(15)11-6-5-10-4-3-7-17-13(10)8-11/h3-8,12,14H,9,16H2,1-2H3/t12-,14-/m1/s1. The van der Waals surface area contributed by atoms with Crippen molar-refractivity contribution in [3.63, 3.8) is 0 Å². The maximum absolute atomic E-state index is 5.83. The van der Waals surface area contributed by atoms with Gasteiger partial charge in [0.05, 0.1) is 5.52 Å². The van der Waals surface area contributed by atoms with Gasteiger partial charge in [0.1, 0.15) is 0 Å². The van der Waals surface area contributed by atoms with Gasteiger partial charge in [0.15, 0.2) is 0 Å². The fourth-order valence-corrected chi connectivity index (χ4v) is 3.12. The van der Waals surface area contributed by atoms with Crippen LogP contribution < -0.4 is 5.73 Å². The van der Waals surface area contributed by atoms with E-state index in [1.807, 2.05) is 12.3 Å². The molecule has 0 aliphatic heterocycles. The van der Waals surface area contributed by atoms with Gasteiger partial charge in [-0.3, -0.25) is 4.98 Å². The van der Waals surface area contributed by atoms with Crippen LogP contribution in [0.5, 0.6) is 0 Å². The summed E-state index contributed by atoms with van der Waals surface area (Å²) in [5.41, 5.74) is 8.65. The van der Waals surface area contributed by atoms with E-state index in [1.54, 1.807) is 0 Å². The highest BCUT2D eigenvalue weighted by Gasteiger charge is 2.57. The number of nitrogens with two attached hydrogens (primary N) is 1. The molecule has 1 aliphatic carbocycles. The predicted octanol–water partition coefficient (Wildman–Crippen LogP) is 2.93. The molecular weight excluding hydrogens is 208 g/mol. The van der Waals surface area contributed by atoms with E-state index >= 15 is 0 Å². The average molecular weight is 226 g/mol. The summed E-state index contributed by atoms with van der Waals surface area (Å²) in [6, 6.07) is 10.7. The molecule has 2 atom stereocenters. The lowest BCUT2D eigenvalue weighted by Gasteiger charge is -2.04. The SMILES string of the molecule is CC1(C)[C@H](CN)[C@H]1c1ccc2cccnc2c1. The molecule has 0 unspecified atom stereocenters. The van der Waals surface area contributed by atoms with Crippen LogP contribution in [0.4, 0.5) is 0 Å². The number of fused-ring (bicyclic) bond motifs is 1. The number of aromatic nitrogens is 1. The van der Waals surface area contributed by atoms with E-state index in [1.165, 1.54) is 10.9 Å². The second-order valence-electron chi connectivity index (χ2n) is 5.60. The van der Waals surface area contributed by atoms with Crippen LogP contribution in [0.25, 0.3) is 10.9 Å². The summed E-state index contributed by atoms with van der Waals surface area (Å²) in [6.45, 7) is 5.38. The van der Waals surface area contributed by atoms with Crippen LogP contribution in [-0.4, -0.2) is 11.5 Å². The zero-order valence-corrected chi connectivity index (χ0v) is 10.4. The van der Waals surface area contributed by atoms with Crippen molar-refractivity contribution in [2.45, 2.75) is 19.8 Å². The van der Waals surface area contributed by atoms with Gasteiger partial charge in [0, 0.05) is 11.6 Å². The molecule has 2 nitrogen and oxygen atoms in total. The van der Waals surface area contributed by atoms with Crippen molar-refractivity contribution in [3.8, 4) is 0 Å². The number of rotatable bonds is 2. The molecule has 88 valence electrons. The Hall–Kier alpha value is -1.41. The molecule has 1 heterocycles. The van der Waals surface area contributed by atoms with E-state index in [9.17, 15) is 0 Å². The minimum atomic E-state index is 0.344. The molecule has 1 fully saturated rings. The molecule has 1 aromatic heterocycles. The first-order valence-corrected chi connectivity index (χ1v) is 6.19. The van der Waals surface area contributed by atoms with Gasteiger partial charge < -0.3 is 5.73 Å². The zero-order valence-electron chi connectivity index (χ0n) is 10.4. The topological polar surface area (TPSA) is 38.9 Å². The predicted molar refractivity (Wildman–Crippen MR) is 70.8 cm³/mol. The van der Waals surface area contributed by atoms with Crippen molar-refractivity contribution in [1.29, 1.82) is 0 Å². The Morgan fingerprint density at radius 1 is 1.29 bits per heavy atom. The summed E-state index contributed by atoms with van der Waals surface area (Å²) in [7, 11) is 0. The van der Waals surface area contributed by atoms with Gasteiger partial charge >= 0.3 is 0 Å². The lowest BCUT2D eigenvalue weighted by molar-refractivity contribution is 0.558. The van der Waals surface area contributed by atoms with E-state index in [2.05, 4.69) is 43.1 Å². The Morgan fingerprint density at radius 2 is 2.12 bits per heavy atom. The van der Waals surface area contributed by atoms with Crippen LogP contribution in [0.2, 0.25) is 0 Å². The molecular formula is C15H18N2. The van der Waals surface area contributed by atoms with E-state index in [0.29, 0.717) is 17.3 Å². The average Bonchev–Trinajstić information content (AvgIpc) is 2.90. The van der Waals surface area contributed by atoms with Crippen LogP contribution >= 0.6 is 0 Å². The number of nitrogens with zero attached hydrogens (tertiary/aromatic N) is 1. The van der Waals surface area contributed by atoms with Crippen LogP contribution in [0.15, 0.2) is 36.5 Å². The van der Waals surface area contributed by atoms with Gasteiger partial charge in [-0.1, -0.05) is 32.0 Å². The van der Waals surface area contributed by atoms with E-state index in [0.717, 1.165) is 12.1 Å². The Balaban J connectivity index is 2.03. The molecule has 17 heavy (non-hydrogen) atoms. The molecule has 2 aromatic rings. The Labute approximate surface area is 102 Å².